The van der Waals surface area contributed by atoms with E-state index < -0.39 is 6.10 Å². The Morgan fingerprint density at radius 2 is 2.12 bits per heavy atom. The van der Waals surface area contributed by atoms with E-state index >= 15 is 0 Å². The molecular formula is C17H17N3O3S. The average molecular weight is 343 g/mol. The third-order valence-electron chi connectivity index (χ3n) is 3.31. The molecule has 1 aromatic carbocycles. The molecule has 7 heteroatoms. The highest BCUT2D eigenvalue weighted by Gasteiger charge is 2.19. The Kier molecular flexibility index (Phi) is 5.22. The van der Waals surface area contributed by atoms with E-state index in [0.29, 0.717) is 23.9 Å². The minimum absolute atomic E-state index is 0.172. The van der Waals surface area contributed by atoms with Crippen LogP contribution in [0.1, 0.15) is 19.2 Å². The first-order valence-corrected chi connectivity index (χ1v) is 8.50. The quantitative estimate of drug-likeness (QED) is 0.712. The second-order valence-electron chi connectivity index (χ2n) is 5.03. The van der Waals surface area contributed by atoms with Crippen LogP contribution in [0, 0.1) is 0 Å². The first kappa shape index (κ1) is 16.2. The molecule has 3 rings (SSSR count). The van der Waals surface area contributed by atoms with Gasteiger partial charge in [-0.25, -0.2) is 0 Å². The molecule has 1 atom stereocenters. The number of para-hydroxylation sites is 1. The van der Waals surface area contributed by atoms with Crippen LogP contribution in [0.3, 0.4) is 0 Å². The van der Waals surface area contributed by atoms with Crippen LogP contribution in [0.5, 0.6) is 5.75 Å². The van der Waals surface area contributed by atoms with E-state index in [0.717, 1.165) is 4.88 Å². The number of hydrogen-bond acceptors (Lipinski definition) is 6. The van der Waals surface area contributed by atoms with Gasteiger partial charge in [-0.2, -0.15) is 4.98 Å². The molecule has 0 spiro atoms. The number of thiophene rings is 1. The van der Waals surface area contributed by atoms with Crippen LogP contribution < -0.4 is 10.1 Å². The summed E-state index contributed by atoms with van der Waals surface area (Å²) < 4.78 is 10.9. The summed E-state index contributed by atoms with van der Waals surface area (Å²) in [6, 6.07) is 13.1. The second kappa shape index (κ2) is 7.74. The Morgan fingerprint density at radius 1 is 1.29 bits per heavy atom. The number of benzene rings is 1. The number of amides is 1. The van der Waals surface area contributed by atoms with Crippen molar-refractivity contribution < 1.29 is 14.1 Å². The standard InChI is InChI=1S/C17H17N3O3S/c1-2-13(22-12-7-4-3-5-8-12)17(21)18-11-15-19-16(20-23-15)14-9-6-10-24-14/h3-10,13H,2,11H2,1H3,(H,18,21)/t13-/m1/s1. The van der Waals surface area contributed by atoms with Gasteiger partial charge >= 0.3 is 0 Å². The lowest BCUT2D eigenvalue weighted by molar-refractivity contribution is -0.128. The van der Waals surface area contributed by atoms with Gasteiger partial charge in [0.1, 0.15) is 5.75 Å². The normalized spacial score (nSPS) is 11.9. The summed E-state index contributed by atoms with van der Waals surface area (Å²) >= 11 is 1.53. The van der Waals surface area contributed by atoms with Crippen molar-refractivity contribution in [2.24, 2.45) is 0 Å². The molecule has 0 aliphatic heterocycles. The third kappa shape index (κ3) is 3.99. The maximum Gasteiger partial charge on any atom is 0.261 e. The lowest BCUT2D eigenvalue weighted by Gasteiger charge is -2.16. The molecule has 1 N–H and O–H groups in total. The SMILES string of the molecule is CC[C@@H](Oc1ccccc1)C(=O)NCc1nc(-c2cccs2)no1. The Morgan fingerprint density at radius 3 is 2.83 bits per heavy atom. The van der Waals surface area contributed by atoms with Gasteiger partial charge in [0.05, 0.1) is 11.4 Å². The van der Waals surface area contributed by atoms with Crippen molar-refractivity contribution in [1.29, 1.82) is 0 Å². The summed E-state index contributed by atoms with van der Waals surface area (Å²) in [5, 5.41) is 8.63. The summed E-state index contributed by atoms with van der Waals surface area (Å²) in [4.78, 5) is 17.5. The number of nitrogens with one attached hydrogen (secondary N) is 1. The van der Waals surface area contributed by atoms with Crippen molar-refractivity contribution >= 4 is 17.2 Å². The van der Waals surface area contributed by atoms with Crippen LogP contribution in [0.25, 0.3) is 10.7 Å². The summed E-state index contributed by atoms with van der Waals surface area (Å²) in [6.45, 7) is 2.07. The van der Waals surface area contributed by atoms with E-state index in [-0.39, 0.29) is 12.5 Å². The Balaban J connectivity index is 1.56. The van der Waals surface area contributed by atoms with Crippen molar-refractivity contribution in [1.82, 2.24) is 15.5 Å². The summed E-state index contributed by atoms with van der Waals surface area (Å²) in [6.07, 6.45) is -0.00236. The van der Waals surface area contributed by atoms with E-state index in [1.54, 1.807) is 0 Å². The number of hydrogen-bond donors (Lipinski definition) is 1. The molecular weight excluding hydrogens is 326 g/mol. The first-order valence-electron chi connectivity index (χ1n) is 7.62. The minimum atomic E-state index is -0.563. The largest absolute Gasteiger partial charge is 0.481 e. The minimum Gasteiger partial charge on any atom is -0.481 e. The van der Waals surface area contributed by atoms with Gasteiger partial charge in [-0.1, -0.05) is 36.3 Å². The molecule has 2 aromatic heterocycles. The van der Waals surface area contributed by atoms with Gasteiger partial charge in [0.25, 0.3) is 5.91 Å². The smallest absolute Gasteiger partial charge is 0.261 e. The Bertz CT molecular complexity index is 772. The van der Waals surface area contributed by atoms with Crippen LogP contribution in [-0.2, 0) is 11.3 Å². The highest BCUT2D eigenvalue weighted by atomic mass is 32.1. The molecule has 0 radical (unpaired) electrons. The molecule has 6 nitrogen and oxygen atoms in total. The van der Waals surface area contributed by atoms with E-state index in [9.17, 15) is 4.79 Å². The van der Waals surface area contributed by atoms with Crippen molar-refractivity contribution in [2.75, 3.05) is 0 Å². The van der Waals surface area contributed by atoms with Gasteiger partial charge < -0.3 is 14.6 Å². The fraction of sp³-hybridized carbons (Fsp3) is 0.235. The highest BCUT2D eigenvalue weighted by Crippen LogP contribution is 2.21. The molecule has 0 unspecified atom stereocenters. The summed E-state index contributed by atoms with van der Waals surface area (Å²) in [5.41, 5.74) is 0. The molecule has 0 fully saturated rings. The van der Waals surface area contributed by atoms with E-state index in [2.05, 4.69) is 15.5 Å². The van der Waals surface area contributed by atoms with Crippen LogP contribution in [0.15, 0.2) is 52.4 Å². The Hall–Kier alpha value is -2.67. The number of nitrogens with zero attached hydrogens (tertiary/aromatic N) is 2. The van der Waals surface area contributed by atoms with Crippen LogP contribution in [0.2, 0.25) is 0 Å². The molecule has 3 aromatic rings. The molecule has 0 aliphatic carbocycles. The van der Waals surface area contributed by atoms with Gasteiger partial charge in [-0.15, -0.1) is 11.3 Å². The molecule has 124 valence electrons. The zero-order chi connectivity index (χ0) is 16.8. The zero-order valence-electron chi connectivity index (χ0n) is 13.1. The molecule has 2 heterocycles. The average Bonchev–Trinajstić information content (AvgIpc) is 3.29. The highest BCUT2D eigenvalue weighted by molar-refractivity contribution is 7.13. The number of carbonyl (C=O) groups is 1. The fourth-order valence-corrected chi connectivity index (χ4v) is 2.74. The number of rotatable bonds is 7. The third-order valence-corrected chi connectivity index (χ3v) is 4.17. The Labute approximate surface area is 143 Å². The summed E-state index contributed by atoms with van der Waals surface area (Å²) in [7, 11) is 0. The molecule has 0 bridgehead atoms. The topological polar surface area (TPSA) is 77.2 Å². The monoisotopic (exact) mass is 343 g/mol. The zero-order valence-corrected chi connectivity index (χ0v) is 14.0. The van der Waals surface area contributed by atoms with E-state index in [1.807, 2.05) is 54.8 Å². The molecule has 0 aliphatic rings. The fourth-order valence-electron chi connectivity index (χ4n) is 2.09. The van der Waals surface area contributed by atoms with Gasteiger partial charge in [0.15, 0.2) is 6.10 Å². The molecule has 0 saturated heterocycles. The maximum absolute atomic E-state index is 12.3. The second-order valence-corrected chi connectivity index (χ2v) is 5.98. The van der Waals surface area contributed by atoms with Crippen molar-refractivity contribution in [3.05, 3.63) is 53.7 Å². The van der Waals surface area contributed by atoms with E-state index in [1.165, 1.54) is 11.3 Å². The lowest BCUT2D eigenvalue weighted by Crippen LogP contribution is -2.37. The van der Waals surface area contributed by atoms with Gasteiger partial charge in [-0.05, 0) is 30.0 Å². The predicted molar refractivity (Wildman–Crippen MR) is 90.6 cm³/mol. The van der Waals surface area contributed by atoms with Gasteiger partial charge in [0.2, 0.25) is 11.7 Å². The molecule has 0 saturated carbocycles. The maximum atomic E-state index is 12.3. The number of aromatic nitrogens is 2. The van der Waals surface area contributed by atoms with Crippen LogP contribution in [-0.4, -0.2) is 22.2 Å². The van der Waals surface area contributed by atoms with Gasteiger partial charge in [-0.3, -0.25) is 4.79 Å². The number of carbonyl (C=O) groups excluding carboxylic acids is 1. The van der Waals surface area contributed by atoms with Crippen molar-refractivity contribution in [2.45, 2.75) is 26.0 Å². The summed E-state index contributed by atoms with van der Waals surface area (Å²) in [5.74, 6) is 1.35. The van der Waals surface area contributed by atoms with Crippen molar-refractivity contribution in [3.8, 4) is 16.5 Å². The first-order chi connectivity index (χ1) is 11.8. The lowest BCUT2D eigenvalue weighted by atomic mass is 10.2. The van der Waals surface area contributed by atoms with Crippen LogP contribution in [0.4, 0.5) is 0 Å². The number of ether oxygens (including phenoxy) is 1. The van der Waals surface area contributed by atoms with Crippen LogP contribution >= 0.6 is 11.3 Å². The molecule has 1 amide bonds. The van der Waals surface area contributed by atoms with Gasteiger partial charge in [0, 0.05) is 0 Å². The van der Waals surface area contributed by atoms with E-state index in [4.69, 9.17) is 9.26 Å². The predicted octanol–water partition coefficient (Wildman–Crippen LogP) is 3.27. The van der Waals surface area contributed by atoms with Crippen molar-refractivity contribution in [3.63, 3.8) is 0 Å². The molecule has 24 heavy (non-hydrogen) atoms.